The molecule has 7 nitrogen and oxygen atoms in total. The lowest BCUT2D eigenvalue weighted by Crippen LogP contribution is -2.19. The number of fused-ring (bicyclic) bond motifs is 1. The average molecular weight is 398 g/mol. The summed E-state index contributed by atoms with van der Waals surface area (Å²) in [6.45, 7) is 0. The maximum atomic E-state index is 12.9. The predicted octanol–water partition coefficient (Wildman–Crippen LogP) is 3.26. The Balaban J connectivity index is 1.75. The Hall–Kier alpha value is -3.82. The lowest BCUT2D eigenvalue weighted by molar-refractivity contribution is -0.140. The molecule has 0 spiro atoms. The van der Waals surface area contributed by atoms with E-state index in [1.165, 1.54) is 36.3 Å². The van der Waals surface area contributed by atoms with Crippen LogP contribution in [0.15, 0.2) is 55.0 Å². The van der Waals surface area contributed by atoms with Crippen molar-refractivity contribution in [3.8, 4) is 17.1 Å². The lowest BCUT2D eigenvalue weighted by atomic mass is 10.2. The van der Waals surface area contributed by atoms with Crippen molar-refractivity contribution in [2.24, 2.45) is 0 Å². The van der Waals surface area contributed by atoms with Crippen LogP contribution < -0.4 is 5.32 Å². The third-order valence-electron chi connectivity index (χ3n) is 4.19. The van der Waals surface area contributed by atoms with Gasteiger partial charge in [0, 0.05) is 30.4 Å². The molecule has 29 heavy (non-hydrogen) atoms. The molecule has 0 bridgehead atoms. The molecule has 0 aliphatic rings. The van der Waals surface area contributed by atoms with Crippen molar-refractivity contribution in [3.05, 3.63) is 66.4 Å². The number of nitrogens with zero attached hydrogens (tertiary/aromatic N) is 5. The van der Waals surface area contributed by atoms with Crippen molar-refractivity contribution in [2.75, 3.05) is 7.05 Å². The second-order valence-corrected chi connectivity index (χ2v) is 6.06. The first-order valence-electron chi connectivity index (χ1n) is 8.44. The minimum atomic E-state index is -4.53. The van der Waals surface area contributed by atoms with Crippen LogP contribution in [0.4, 0.5) is 13.2 Å². The molecule has 4 rings (SSSR count). The number of hydrogen-bond acceptors (Lipinski definition) is 5. The lowest BCUT2D eigenvalue weighted by Gasteiger charge is -2.09. The number of alkyl halides is 3. The molecule has 0 saturated heterocycles. The number of halogens is 3. The Bertz CT molecular complexity index is 1220. The van der Waals surface area contributed by atoms with E-state index in [2.05, 4.69) is 25.4 Å². The normalized spacial score (nSPS) is 11.6. The topological polar surface area (TPSA) is 85.6 Å². The Morgan fingerprint density at radius 3 is 2.69 bits per heavy atom. The van der Waals surface area contributed by atoms with Gasteiger partial charge in [0.25, 0.3) is 5.91 Å². The van der Waals surface area contributed by atoms with Crippen LogP contribution in [-0.4, -0.2) is 37.7 Å². The zero-order valence-electron chi connectivity index (χ0n) is 15.0. The predicted molar refractivity (Wildman–Crippen MR) is 98.3 cm³/mol. The molecule has 0 aromatic carbocycles. The Kier molecular flexibility index (Phi) is 4.45. The fourth-order valence-corrected chi connectivity index (χ4v) is 2.80. The molecule has 0 unspecified atom stereocenters. The van der Waals surface area contributed by atoms with Gasteiger partial charge in [-0.3, -0.25) is 4.79 Å². The minimum absolute atomic E-state index is 0.154. The molecule has 0 saturated carbocycles. The van der Waals surface area contributed by atoms with E-state index in [4.69, 9.17) is 0 Å². The Morgan fingerprint density at radius 2 is 1.93 bits per heavy atom. The van der Waals surface area contributed by atoms with Crippen LogP contribution >= 0.6 is 0 Å². The van der Waals surface area contributed by atoms with Gasteiger partial charge in [0.05, 0.1) is 17.4 Å². The van der Waals surface area contributed by atoms with Crippen molar-refractivity contribution < 1.29 is 18.0 Å². The van der Waals surface area contributed by atoms with Crippen molar-refractivity contribution in [3.63, 3.8) is 0 Å². The SMILES string of the molecule is CNC(=O)c1cccc(-c2cnn(-c3nccc4nc(C(F)(F)F)ccc34)c2)n1. The molecular weight excluding hydrogens is 385 g/mol. The van der Waals surface area contributed by atoms with Gasteiger partial charge < -0.3 is 5.32 Å². The number of nitrogens with one attached hydrogen (secondary N) is 1. The third kappa shape index (κ3) is 3.51. The van der Waals surface area contributed by atoms with Gasteiger partial charge in [-0.05, 0) is 30.3 Å². The van der Waals surface area contributed by atoms with E-state index in [1.54, 1.807) is 24.4 Å². The number of pyridine rings is 3. The first-order chi connectivity index (χ1) is 13.9. The third-order valence-corrected chi connectivity index (χ3v) is 4.19. The molecular formula is C19H13F3N6O. The fourth-order valence-electron chi connectivity index (χ4n) is 2.80. The van der Waals surface area contributed by atoms with E-state index in [0.717, 1.165) is 6.07 Å². The van der Waals surface area contributed by atoms with Gasteiger partial charge in [-0.25, -0.2) is 19.6 Å². The van der Waals surface area contributed by atoms with Crippen LogP contribution in [0.25, 0.3) is 28.0 Å². The molecule has 4 aromatic rings. The summed E-state index contributed by atoms with van der Waals surface area (Å²) in [4.78, 5) is 24.0. The van der Waals surface area contributed by atoms with E-state index >= 15 is 0 Å². The van der Waals surface area contributed by atoms with E-state index in [9.17, 15) is 18.0 Å². The van der Waals surface area contributed by atoms with Gasteiger partial charge in [0.2, 0.25) is 0 Å². The van der Waals surface area contributed by atoms with Crippen molar-refractivity contribution in [2.45, 2.75) is 6.18 Å². The molecule has 0 fully saturated rings. The molecule has 4 aromatic heterocycles. The molecule has 0 radical (unpaired) electrons. The van der Waals surface area contributed by atoms with Crippen molar-refractivity contribution in [1.29, 1.82) is 0 Å². The zero-order chi connectivity index (χ0) is 20.6. The number of amides is 1. The van der Waals surface area contributed by atoms with Crippen molar-refractivity contribution in [1.82, 2.24) is 30.0 Å². The number of carbonyl (C=O) groups excluding carboxylic acids is 1. The average Bonchev–Trinajstić information content (AvgIpc) is 3.22. The van der Waals surface area contributed by atoms with Gasteiger partial charge >= 0.3 is 6.18 Å². The summed E-state index contributed by atoms with van der Waals surface area (Å²) in [6.07, 6.45) is 0.0119. The highest BCUT2D eigenvalue weighted by Crippen LogP contribution is 2.30. The van der Waals surface area contributed by atoms with Gasteiger partial charge in [0.1, 0.15) is 11.4 Å². The summed E-state index contributed by atoms with van der Waals surface area (Å²) in [5, 5.41) is 7.17. The maximum absolute atomic E-state index is 12.9. The molecule has 1 N–H and O–H groups in total. The molecule has 0 atom stereocenters. The van der Waals surface area contributed by atoms with Crippen LogP contribution in [0.2, 0.25) is 0 Å². The molecule has 0 aliphatic carbocycles. The molecule has 4 heterocycles. The molecule has 10 heteroatoms. The van der Waals surface area contributed by atoms with E-state index in [-0.39, 0.29) is 17.1 Å². The molecule has 1 amide bonds. The summed E-state index contributed by atoms with van der Waals surface area (Å²) in [7, 11) is 1.51. The van der Waals surface area contributed by atoms with Gasteiger partial charge in [-0.1, -0.05) is 6.07 Å². The summed E-state index contributed by atoms with van der Waals surface area (Å²) in [6, 6.07) is 8.64. The fraction of sp³-hybridized carbons (Fsp3) is 0.105. The number of aromatic nitrogens is 5. The second-order valence-electron chi connectivity index (χ2n) is 6.06. The van der Waals surface area contributed by atoms with Crippen LogP contribution in [0.3, 0.4) is 0 Å². The van der Waals surface area contributed by atoms with E-state index in [1.807, 2.05) is 0 Å². The van der Waals surface area contributed by atoms with Crippen LogP contribution in [0.5, 0.6) is 0 Å². The van der Waals surface area contributed by atoms with E-state index < -0.39 is 11.9 Å². The highest BCUT2D eigenvalue weighted by Gasteiger charge is 2.32. The number of hydrogen-bond donors (Lipinski definition) is 1. The Labute approximate surface area is 162 Å². The summed E-state index contributed by atoms with van der Waals surface area (Å²) < 4.78 is 40.2. The smallest absolute Gasteiger partial charge is 0.354 e. The van der Waals surface area contributed by atoms with Crippen molar-refractivity contribution >= 4 is 16.8 Å². The highest BCUT2D eigenvalue weighted by molar-refractivity contribution is 5.92. The van der Waals surface area contributed by atoms with Crippen LogP contribution in [0, 0.1) is 0 Å². The highest BCUT2D eigenvalue weighted by atomic mass is 19.4. The van der Waals surface area contributed by atoms with Gasteiger partial charge in [0.15, 0.2) is 5.82 Å². The largest absolute Gasteiger partial charge is 0.433 e. The Morgan fingerprint density at radius 1 is 1.10 bits per heavy atom. The first kappa shape index (κ1) is 18.5. The molecule has 0 aliphatic heterocycles. The van der Waals surface area contributed by atoms with Crippen LogP contribution in [0.1, 0.15) is 16.2 Å². The second kappa shape index (κ2) is 6.97. The maximum Gasteiger partial charge on any atom is 0.433 e. The van der Waals surface area contributed by atoms with Crippen LogP contribution in [-0.2, 0) is 6.18 Å². The zero-order valence-corrected chi connectivity index (χ0v) is 15.0. The first-order valence-corrected chi connectivity index (χ1v) is 8.44. The summed E-state index contributed by atoms with van der Waals surface area (Å²) >= 11 is 0. The minimum Gasteiger partial charge on any atom is -0.354 e. The molecule has 146 valence electrons. The van der Waals surface area contributed by atoms with Gasteiger partial charge in [-0.2, -0.15) is 18.3 Å². The number of rotatable bonds is 3. The monoisotopic (exact) mass is 398 g/mol. The summed E-state index contributed by atoms with van der Waals surface area (Å²) in [5.74, 6) is 0.0129. The standard InChI is InChI=1S/C19H13F3N6O/c1-23-18(29)15-4-2-3-13(26-15)11-9-25-28(10-11)17-12-5-6-16(19(20,21)22)27-14(12)7-8-24-17/h2-10H,1H3,(H,23,29). The number of carbonyl (C=O) groups is 1. The summed E-state index contributed by atoms with van der Waals surface area (Å²) in [5.41, 5.74) is 0.578. The quantitative estimate of drug-likeness (QED) is 0.573. The van der Waals surface area contributed by atoms with E-state index in [0.29, 0.717) is 22.5 Å². The van der Waals surface area contributed by atoms with Gasteiger partial charge in [-0.15, -0.1) is 0 Å².